The molecule has 92 valence electrons. The summed E-state index contributed by atoms with van der Waals surface area (Å²) in [6.45, 7) is 1.89. The van der Waals surface area contributed by atoms with E-state index in [0.717, 1.165) is 24.8 Å². The van der Waals surface area contributed by atoms with E-state index in [1.807, 2.05) is 13.0 Å². The first-order valence-corrected chi connectivity index (χ1v) is 5.70. The molecule has 1 aliphatic rings. The quantitative estimate of drug-likeness (QED) is 0.621. The molecule has 0 saturated heterocycles. The highest BCUT2D eigenvalue weighted by atomic mass is 16.6. The van der Waals surface area contributed by atoms with Crippen LogP contribution in [0, 0.1) is 17.0 Å². The number of nitrogens with one attached hydrogen (secondary N) is 1. The molecule has 0 amide bonds. The van der Waals surface area contributed by atoms with Crippen LogP contribution in [0.5, 0.6) is 0 Å². The van der Waals surface area contributed by atoms with E-state index in [2.05, 4.69) is 5.32 Å². The molecule has 0 heterocycles. The number of rotatable bonds is 4. The molecular formula is C12H16N2O3. The second-order valence-corrected chi connectivity index (χ2v) is 4.73. The van der Waals surface area contributed by atoms with Crippen molar-refractivity contribution >= 4 is 11.4 Å². The Kier molecular flexibility index (Phi) is 3.02. The molecule has 1 aromatic carbocycles. The van der Waals surface area contributed by atoms with E-state index >= 15 is 0 Å². The van der Waals surface area contributed by atoms with Gasteiger partial charge >= 0.3 is 0 Å². The second kappa shape index (κ2) is 4.33. The monoisotopic (exact) mass is 236 g/mol. The molecule has 5 nitrogen and oxygen atoms in total. The molecule has 2 N–H and O–H groups in total. The van der Waals surface area contributed by atoms with Crippen molar-refractivity contribution in [2.24, 2.45) is 0 Å². The van der Waals surface area contributed by atoms with E-state index in [0.29, 0.717) is 5.69 Å². The molecule has 0 bridgehead atoms. The maximum Gasteiger partial charge on any atom is 0.271 e. The number of aryl methyl sites for hydroxylation is 1. The minimum Gasteiger partial charge on any atom is -0.394 e. The van der Waals surface area contributed by atoms with Crippen molar-refractivity contribution in [2.45, 2.75) is 31.7 Å². The number of aliphatic hydroxyl groups excluding tert-OH is 1. The van der Waals surface area contributed by atoms with E-state index in [1.165, 1.54) is 12.1 Å². The highest BCUT2D eigenvalue weighted by Crippen LogP contribution is 2.35. The minimum absolute atomic E-state index is 0.0642. The van der Waals surface area contributed by atoms with Crippen molar-refractivity contribution in [1.29, 1.82) is 0 Å². The van der Waals surface area contributed by atoms with Gasteiger partial charge in [-0.25, -0.2) is 0 Å². The average molecular weight is 236 g/mol. The van der Waals surface area contributed by atoms with Crippen molar-refractivity contribution in [3.05, 3.63) is 33.9 Å². The number of benzene rings is 1. The summed E-state index contributed by atoms with van der Waals surface area (Å²) >= 11 is 0. The van der Waals surface area contributed by atoms with Crippen molar-refractivity contribution < 1.29 is 10.0 Å². The van der Waals surface area contributed by atoms with Crippen LogP contribution in [-0.4, -0.2) is 22.2 Å². The van der Waals surface area contributed by atoms with Crippen molar-refractivity contribution in [3.63, 3.8) is 0 Å². The number of non-ortho nitro benzene ring substituents is 1. The van der Waals surface area contributed by atoms with Gasteiger partial charge in [-0.1, -0.05) is 0 Å². The Labute approximate surface area is 99.6 Å². The van der Waals surface area contributed by atoms with Gasteiger partial charge in [-0.15, -0.1) is 0 Å². The van der Waals surface area contributed by atoms with E-state index < -0.39 is 4.92 Å². The fourth-order valence-corrected chi connectivity index (χ4v) is 2.17. The average Bonchev–Trinajstić information content (AvgIpc) is 2.22. The predicted molar refractivity (Wildman–Crippen MR) is 65.1 cm³/mol. The Morgan fingerprint density at radius 2 is 2.18 bits per heavy atom. The number of hydrogen-bond donors (Lipinski definition) is 2. The van der Waals surface area contributed by atoms with Crippen molar-refractivity contribution in [2.75, 3.05) is 11.9 Å². The molecule has 1 aromatic rings. The van der Waals surface area contributed by atoms with Crippen LogP contribution in [-0.2, 0) is 0 Å². The zero-order valence-corrected chi connectivity index (χ0v) is 9.77. The highest BCUT2D eigenvalue weighted by molar-refractivity contribution is 5.55. The zero-order valence-electron chi connectivity index (χ0n) is 9.77. The number of nitro groups is 1. The SMILES string of the molecule is Cc1cc(NC2(CO)CCC2)cc([N+](=O)[O-])c1. The first-order valence-electron chi connectivity index (χ1n) is 5.70. The van der Waals surface area contributed by atoms with Crippen LogP contribution in [0.4, 0.5) is 11.4 Å². The van der Waals surface area contributed by atoms with Crippen LogP contribution >= 0.6 is 0 Å². The van der Waals surface area contributed by atoms with Gasteiger partial charge < -0.3 is 10.4 Å². The van der Waals surface area contributed by atoms with Gasteiger partial charge in [0.1, 0.15) is 0 Å². The molecular weight excluding hydrogens is 220 g/mol. The van der Waals surface area contributed by atoms with Gasteiger partial charge in [0, 0.05) is 17.8 Å². The van der Waals surface area contributed by atoms with Crippen LogP contribution < -0.4 is 5.32 Å². The number of anilines is 1. The Morgan fingerprint density at radius 3 is 2.65 bits per heavy atom. The number of hydrogen-bond acceptors (Lipinski definition) is 4. The molecule has 2 rings (SSSR count). The molecule has 1 fully saturated rings. The number of nitrogens with zero attached hydrogens (tertiary/aromatic N) is 1. The molecule has 17 heavy (non-hydrogen) atoms. The van der Waals surface area contributed by atoms with Crippen molar-refractivity contribution in [3.8, 4) is 0 Å². The summed E-state index contributed by atoms with van der Waals surface area (Å²) in [6.07, 6.45) is 2.90. The maximum absolute atomic E-state index is 10.8. The summed E-state index contributed by atoms with van der Waals surface area (Å²) in [5, 5.41) is 23.3. The smallest absolute Gasteiger partial charge is 0.271 e. The van der Waals surface area contributed by atoms with Gasteiger partial charge in [0.15, 0.2) is 0 Å². The lowest BCUT2D eigenvalue weighted by Gasteiger charge is -2.41. The fourth-order valence-electron chi connectivity index (χ4n) is 2.17. The summed E-state index contributed by atoms with van der Waals surface area (Å²) in [5.74, 6) is 0. The Bertz CT molecular complexity index is 436. The largest absolute Gasteiger partial charge is 0.394 e. The van der Waals surface area contributed by atoms with E-state index in [4.69, 9.17) is 0 Å². The Hall–Kier alpha value is -1.62. The molecule has 0 unspecified atom stereocenters. The summed E-state index contributed by atoms with van der Waals surface area (Å²) in [5.41, 5.74) is 1.36. The third-order valence-corrected chi connectivity index (χ3v) is 3.30. The number of nitro benzene ring substituents is 1. The summed E-state index contributed by atoms with van der Waals surface area (Å²) in [7, 11) is 0. The van der Waals surface area contributed by atoms with E-state index in [1.54, 1.807) is 0 Å². The molecule has 5 heteroatoms. The van der Waals surface area contributed by atoms with Crippen molar-refractivity contribution in [1.82, 2.24) is 0 Å². The highest BCUT2D eigenvalue weighted by Gasteiger charge is 2.36. The predicted octanol–water partition coefficient (Wildman–Crippen LogP) is 2.23. The maximum atomic E-state index is 10.8. The summed E-state index contributed by atoms with van der Waals surface area (Å²) in [6, 6.07) is 4.92. The van der Waals surface area contributed by atoms with Gasteiger partial charge in [-0.05, 0) is 37.8 Å². The van der Waals surface area contributed by atoms with Crippen LogP contribution in [0.3, 0.4) is 0 Å². The number of aliphatic hydroxyl groups is 1. The molecule has 0 radical (unpaired) electrons. The standard InChI is InChI=1S/C12H16N2O3/c1-9-5-10(7-11(6-9)14(16)17)13-12(8-15)3-2-4-12/h5-7,13,15H,2-4,8H2,1H3. The lowest BCUT2D eigenvalue weighted by molar-refractivity contribution is -0.384. The van der Waals surface area contributed by atoms with Gasteiger partial charge in [0.25, 0.3) is 5.69 Å². The normalized spacial score (nSPS) is 17.3. The lowest BCUT2D eigenvalue weighted by Crippen LogP contribution is -2.48. The first kappa shape index (κ1) is 11.9. The van der Waals surface area contributed by atoms with Gasteiger partial charge in [0.05, 0.1) is 17.1 Å². The zero-order chi connectivity index (χ0) is 12.5. The Morgan fingerprint density at radius 1 is 1.47 bits per heavy atom. The van der Waals surface area contributed by atoms with Crippen LogP contribution in [0.15, 0.2) is 18.2 Å². The fraction of sp³-hybridized carbons (Fsp3) is 0.500. The molecule has 0 aliphatic heterocycles. The summed E-state index contributed by atoms with van der Waals surface area (Å²) < 4.78 is 0. The third-order valence-electron chi connectivity index (χ3n) is 3.30. The molecule has 0 atom stereocenters. The van der Waals surface area contributed by atoms with E-state index in [-0.39, 0.29) is 17.8 Å². The van der Waals surface area contributed by atoms with Gasteiger partial charge in [-0.2, -0.15) is 0 Å². The third kappa shape index (κ3) is 2.39. The Balaban J connectivity index is 2.23. The van der Waals surface area contributed by atoms with Crippen LogP contribution in [0.25, 0.3) is 0 Å². The molecule has 0 aromatic heterocycles. The van der Waals surface area contributed by atoms with E-state index in [9.17, 15) is 15.2 Å². The van der Waals surface area contributed by atoms with Gasteiger partial charge in [0.2, 0.25) is 0 Å². The lowest BCUT2D eigenvalue weighted by atomic mass is 9.77. The topological polar surface area (TPSA) is 75.4 Å². The molecule has 0 spiro atoms. The minimum atomic E-state index is -0.398. The molecule has 1 aliphatic carbocycles. The van der Waals surface area contributed by atoms with Gasteiger partial charge in [-0.3, -0.25) is 10.1 Å². The summed E-state index contributed by atoms with van der Waals surface area (Å²) in [4.78, 5) is 10.4. The van der Waals surface area contributed by atoms with Crippen LogP contribution in [0.2, 0.25) is 0 Å². The van der Waals surface area contributed by atoms with Crippen LogP contribution in [0.1, 0.15) is 24.8 Å². The second-order valence-electron chi connectivity index (χ2n) is 4.73. The molecule has 1 saturated carbocycles. The first-order chi connectivity index (χ1) is 8.04.